The number of hydrogen-bond acceptors (Lipinski definition) is 2. The molecule has 2 atom stereocenters. The highest BCUT2D eigenvalue weighted by atomic mass is 16.1. The fraction of sp³-hybridized carbons (Fsp3) is 0.857. The molecule has 0 radical (unpaired) electrons. The molecule has 0 aliphatic heterocycles. The van der Waals surface area contributed by atoms with Crippen molar-refractivity contribution >= 4 is 11.6 Å². The molecule has 1 aliphatic carbocycles. The van der Waals surface area contributed by atoms with Gasteiger partial charge in [-0.15, -0.1) is 0 Å². The molecule has 1 saturated carbocycles. The maximum Gasteiger partial charge on any atom is 0.138 e. The SMILES string of the molecule is CC(C)C(=O)C1CCCC(C(=O)C(C)C)C1. The molecule has 2 heteroatoms. The van der Waals surface area contributed by atoms with Crippen LogP contribution in [0.2, 0.25) is 0 Å². The van der Waals surface area contributed by atoms with E-state index in [-0.39, 0.29) is 23.7 Å². The zero-order valence-corrected chi connectivity index (χ0v) is 11.0. The van der Waals surface area contributed by atoms with E-state index in [2.05, 4.69) is 0 Å². The van der Waals surface area contributed by atoms with Gasteiger partial charge in [-0.3, -0.25) is 9.59 Å². The van der Waals surface area contributed by atoms with Crippen molar-refractivity contribution in [3.05, 3.63) is 0 Å². The lowest BCUT2D eigenvalue weighted by atomic mass is 9.74. The zero-order valence-electron chi connectivity index (χ0n) is 11.0. The van der Waals surface area contributed by atoms with Gasteiger partial charge < -0.3 is 0 Å². The predicted molar refractivity (Wildman–Crippen MR) is 65.1 cm³/mol. The van der Waals surface area contributed by atoms with E-state index < -0.39 is 0 Å². The summed E-state index contributed by atoms with van der Waals surface area (Å²) < 4.78 is 0. The Morgan fingerprint density at radius 3 is 1.56 bits per heavy atom. The van der Waals surface area contributed by atoms with Crippen LogP contribution in [0.25, 0.3) is 0 Å². The molecule has 16 heavy (non-hydrogen) atoms. The third-order valence-corrected chi connectivity index (χ3v) is 3.62. The fourth-order valence-corrected chi connectivity index (χ4v) is 2.65. The highest BCUT2D eigenvalue weighted by Gasteiger charge is 2.32. The van der Waals surface area contributed by atoms with Crippen LogP contribution in [0.4, 0.5) is 0 Å². The van der Waals surface area contributed by atoms with Crippen LogP contribution in [0.1, 0.15) is 53.4 Å². The second-order valence-corrected chi connectivity index (χ2v) is 5.67. The van der Waals surface area contributed by atoms with Crippen LogP contribution < -0.4 is 0 Å². The van der Waals surface area contributed by atoms with Crippen molar-refractivity contribution in [2.75, 3.05) is 0 Å². The summed E-state index contributed by atoms with van der Waals surface area (Å²) in [6.45, 7) is 7.82. The fourth-order valence-electron chi connectivity index (χ4n) is 2.65. The molecule has 2 nitrogen and oxygen atoms in total. The maximum absolute atomic E-state index is 11.9. The van der Waals surface area contributed by atoms with E-state index in [1.807, 2.05) is 27.7 Å². The highest BCUT2D eigenvalue weighted by Crippen LogP contribution is 2.33. The summed E-state index contributed by atoms with van der Waals surface area (Å²) in [6.07, 6.45) is 3.80. The quantitative estimate of drug-likeness (QED) is 0.734. The Morgan fingerprint density at radius 1 is 0.875 bits per heavy atom. The first-order chi connectivity index (χ1) is 7.43. The topological polar surface area (TPSA) is 34.1 Å². The Labute approximate surface area is 98.8 Å². The molecule has 1 rings (SSSR count). The average Bonchev–Trinajstić information content (AvgIpc) is 2.26. The van der Waals surface area contributed by atoms with E-state index in [0.717, 1.165) is 25.7 Å². The van der Waals surface area contributed by atoms with Crippen molar-refractivity contribution in [3.63, 3.8) is 0 Å². The average molecular weight is 224 g/mol. The van der Waals surface area contributed by atoms with E-state index in [1.54, 1.807) is 0 Å². The van der Waals surface area contributed by atoms with Gasteiger partial charge in [0.1, 0.15) is 11.6 Å². The van der Waals surface area contributed by atoms with Crippen molar-refractivity contribution in [2.24, 2.45) is 23.7 Å². The second-order valence-electron chi connectivity index (χ2n) is 5.67. The number of ketones is 2. The molecule has 0 saturated heterocycles. The number of carbonyl (C=O) groups is 2. The van der Waals surface area contributed by atoms with Crippen LogP contribution in [-0.4, -0.2) is 11.6 Å². The number of hydrogen-bond donors (Lipinski definition) is 0. The van der Waals surface area contributed by atoms with Crippen LogP contribution in [0.3, 0.4) is 0 Å². The molecule has 0 spiro atoms. The van der Waals surface area contributed by atoms with E-state index in [9.17, 15) is 9.59 Å². The minimum atomic E-state index is 0.109. The molecule has 0 aromatic heterocycles. The van der Waals surface area contributed by atoms with Gasteiger partial charge in [0, 0.05) is 23.7 Å². The summed E-state index contributed by atoms with van der Waals surface area (Å²) in [4.78, 5) is 23.8. The molecule has 1 fully saturated rings. The molecule has 1 aliphatic rings. The standard InChI is InChI=1S/C14H24O2/c1-9(2)13(15)11-6-5-7-12(8-11)14(16)10(3)4/h9-12H,5-8H2,1-4H3. The van der Waals surface area contributed by atoms with Gasteiger partial charge in [0.25, 0.3) is 0 Å². The van der Waals surface area contributed by atoms with Crippen molar-refractivity contribution in [1.29, 1.82) is 0 Å². The summed E-state index contributed by atoms with van der Waals surface area (Å²) in [5.41, 5.74) is 0. The third-order valence-electron chi connectivity index (χ3n) is 3.62. The lowest BCUT2D eigenvalue weighted by Crippen LogP contribution is -2.31. The highest BCUT2D eigenvalue weighted by molar-refractivity contribution is 5.86. The molecule has 0 aromatic carbocycles. The Balaban J connectivity index is 2.60. The van der Waals surface area contributed by atoms with Gasteiger partial charge in [-0.25, -0.2) is 0 Å². The monoisotopic (exact) mass is 224 g/mol. The Morgan fingerprint density at radius 2 is 1.25 bits per heavy atom. The summed E-state index contributed by atoms with van der Waals surface area (Å²) in [5, 5.41) is 0. The van der Waals surface area contributed by atoms with Crippen LogP contribution in [0.15, 0.2) is 0 Å². The van der Waals surface area contributed by atoms with Crippen LogP contribution in [-0.2, 0) is 9.59 Å². The molecular formula is C14H24O2. The van der Waals surface area contributed by atoms with Crippen LogP contribution >= 0.6 is 0 Å². The first-order valence-electron chi connectivity index (χ1n) is 6.51. The first kappa shape index (κ1) is 13.4. The summed E-state index contributed by atoms with van der Waals surface area (Å²) in [7, 11) is 0. The number of Topliss-reactive ketones (excluding diaryl/α,β-unsaturated/α-hetero) is 2. The summed E-state index contributed by atoms with van der Waals surface area (Å²) >= 11 is 0. The molecule has 0 amide bonds. The van der Waals surface area contributed by atoms with Gasteiger partial charge in [-0.05, 0) is 19.3 Å². The van der Waals surface area contributed by atoms with Gasteiger partial charge >= 0.3 is 0 Å². The molecule has 0 aromatic rings. The molecule has 2 unspecified atom stereocenters. The lowest BCUT2D eigenvalue weighted by Gasteiger charge is -2.29. The largest absolute Gasteiger partial charge is 0.299 e. The summed E-state index contributed by atoms with van der Waals surface area (Å²) in [6, 6.07) is 0. The van der Waals surface area contributed by atoms with Gasteiger partial charge in [-0.1, -0.05) is 34.1 Å². The van der Waals surface area contributed by atoms with Crippen molar-refractivity contribution in [1.82, 2.24) is 0 Å². The van der Waals surface area contributed by atoms with E-state index in [1.165, 1.54) is 0 Å². The minimum Gasteiger partial charge on any atom is -0.299 e. The normalized spacial score (nSPS) is 26.1. The number of carbonyl (C=O) groups excluding carboxylic acids is 2. The van der Waals surface area contributed by atoms with Gasteiger partial charge in [0.05, 0.1) is 0 Å². The Kier molecular flexibility index (Phi) is 4.69. The van der Waals surface area contributed by atoms with E-state index in [0.29, 0.717) is 11.6 Å². The first-order valence-corrected chi connectivity index (χ1v) is 6.51. The number of rotatable bonds is 4. The zero-order chi connectivity index (χ0) is 12.3. The van der Waals surface area contributed by atoms with Crippen molar-refractivity contribution in [3.8, 4) is 0 Å². The van der Waals surface area contributed by atoms with E-state index >= 15 is 0 Å². The predicted octanol–water partition coefficient (Wildman–Crippen LogP) is 3.24. The minimum absolute atomic E-state index is 0.109. The van der Waals surface area contributed by atoms with Gasteiger partial charge in [0.2, 0.25) is 0 Å². The molecule has 0 N–H and O–H groups in total. The summed E-state index contributed by atoms with van der Waals surface area (Å²) in [5.74, 6) is 1.20. The van der Waals surface area contributed by atoms with E-state index in [4.69, 9.17) is 0 Å². The van der Waals surface area contributed by atoms with Gasteiger partial charge in [-0.2, -0.15) is 0 Å². The molecule has 92 valence electrons. The maximum atomic E-state index is 11.9. The Bertz CT molecular complexity index is 240. The van der Waals surface area contributed by atoms with Crippen molar-refractivity contribution in [2.45, 2.75) is 53.4 Å². The Hall–Kier alpha value is -0.660. The molecule has 0 heterocycles. The molecule has 0 bridgehead atoms. The van der Waals surface area contributed by atoms with Crippen LogP contribution in [0, 0.1) is 23.7 Å². The third kappa shape index (κ3) is 3.16. The van der Waals surface area contributed by atoms with Crippen LogP contribution in [0.5, 0.6) is 0 Å². The molecular weight excluding hydrogens is 200 g/mol. The smallest absolute Gasteiger partial charge is 0.138 e. The van der Waals surface area contributed by atoms with Crippen molar-refractivity contribution < 1.29 is 9.59 Å². The van der Waals surface area contributed by atoms with Gasteiger partial charge in [0.15, 0.2) is 0 Å². The second kappa shape index (κ2) is 5.60. The lowest BCUT2D eigenvalue weighted by molar-refractivity contribution is -0.131.